The molecule has 0 atom stereocenters. The van der Waals surface area contributed by atoms with Crippen molar-refractivity contribution in [3.63, 3.8) is 0 Å². The topological polar surface area (TPSA) is 38.8 Å². The highest BCUT2D eigenvalue weighted by atomic mass is 15.4. The summed E-state index contributed by atoms with van der Waals surface area (Å²) in [6.07, 6.45) is 3.52. The molecule has 0 aliphatic carbocycles. The van der Waals surface area contributed by atoms with Gasteiger partial charge in [-0.1, -0.05) is 18.2 Å². The van der Waals surface area contributed by atoms with Crippen molar-refractivity contribution in [2.45, 2.75) is 0 Å². The molecule has 0 fully saturated rings. The summed E-state index contributed by atoms with van der Waals surface area (Å²) in [4.78, 5) is 0. The second-order valence-electron chi connectivity index (χ2n) is 2.18. The molecule has 1 aromatic carbocycles. The Morgan fingerprint density at radius 3 is 3.00 bits per heavy atom. The molecule has 11 heavy (non-hydrogen) atoms. The molecule has 0 aromatic heterocycles. The van der Waals surface area contributed by atoms with Crippen LogP contribution in [0.4, 0.5) is 5.69 Å². The maximum absolute atomic E-state index is 3.88. The van der Waals surface area contributed by atoms with Gasteiger partial charge in [0.1, 0.15) is 0 Å². The summed E-state index contributed by atoms with van der Waals surface area (Å²) in [7, 11) is 0. The minimum Gasteiger partial charge on any atom is -0.139 e. The summed E-state index contributed by atoms with van der Waals surface area (Å²) in [6, 6.07) is 7.77. The fraction of sp³-hybridized carbons (Fsp3) is 0. The molecule has 0 bridgehead atoms. The number of hydrogen-bond donors (Lipinski definition) is 0. The number of nitrogens with zero attached hydrogens (tertiary/aromatic N) is 3. The normalized spacial score (nSPS) is 13.5. The zero-order valence-corrected chi connectivity index (χ0v) is 5.81. The van der Waals surface area contributed by atoms with Crippen LogP contribution in [0.5, 0.6) is 0 Å². The van der Waals surface area contributed by atoms with Crippen molar-refractivity contribution in [3.8, 4) is 0 Å². The van der Waals surface area contributed by atoms with E-state index in [9.17, 15) is 0 Å². The molecule has 1 aromatic rings. The average molecular weight is 144 g/mol. The molecule has 2 rings (SSSR count). The van der Waals surface area contributed by atoms with E-state index in [0.717, 1.165) is 11.3 Å². The Bertz CT molecular complexity index is 315. The van der Waals surface area contributed by atoms with E-state index in [-0.39, 0.29) is 0 Å². The third kappa shape index (κ3) is 1.12. The molecule has 3 nitrogen and oxygen atoms in total. The Balaban J connectivity index is 2.52. The van der Waals surface area contributed by atoms with Crippen molar-refractivity contribution < 1.29 is 0 Å². The first-order valence-electron chi connectivity index (χ1n) is 3.33. The molecule has 1 aliphatic heterocycles. The first-order chi connectivity index (χ1) is 5.47. The molecule has 0 N–H and O–H groups in total. The molecule has 0 amide bonds. The van der Waals surface area contributed by atoms with Gasteiger partial charge in [-0.15, -0.1) is 10.5 Å². The van der Waals surface area contributed by atoms with Crippen molar-refractivity contribution >= 4 is 11.8 Å². The molecule has 1 radical (unpaired) electrons. The first-order valence-corrected chi connectivity index (χ1v) is 3.33. The lowest BCUT2D eigenvalue weighted by Gasteiger charge is -1.96. The Kier molecular flexibility index (Phi) is 1.41. The minimum atomic E-state index is 0.866. The third-order valence-corrected chi connectivity index (χ3v) is 1.46. The predicted octanol–water partition coefficient (Wildman–Crippen LogP) is 2.27. The van der Waals surface area contributed by atoms with E-state index in [2.05, 4.69) is 15.8 Å². The van der Waals surface area contributed by atoms with Crippen LogP contribution in [0.15, 0.2) is 40.8 Å². The molecular formula is C8H6N3. The van der Waals surface area contributed by atoms with Gasteiger partial charge >= 0.3 is 0 Å². The van der Waals surface area contributed by atoms with Crippen molar-refractivity contribution in [2.75, 3.05) is 0 Å². The van der Waals surface area contributed by atoms with Gasteiger partial charge in [0, 0.05) is 5.56 Å². The van der Waals surface area contributed by atoms with Gasteiger partial charge in [-0.3, -0.25) is 0 Å². The van der Waals surface area contributed by atoms with Gasteiger partial charge in [-0.05, 0) is 17.4 Å². The standard InChI is InChI=1S/C8H6N3/c1-2-4-8-7(3-1)5-6-9-11-10-8/h1-6H. The maximum atomic E-state index is 3.88. The number of benzene rings is 1. The maximum Gasteiger partial charge on any atom is 0.0947 e. The van der Waals surface area contributed by atoms with Gasteiger partial charge in [0.05, 0.1) is 11.9 Å². The van der Waals surface area contributed by atoms with Crippen LogP contribution in [-0.4, -0.2) is 0 Å². The molecule has 53 valence electrons. The lowest BCUT2D eigenvalue weighted by atomic mass is 10.2. The van der Waals surface area contributed by atoms with E-state index in [1.54, 1.807) is 6.20 Å². The molecule has 1 aliphatic rings. The summed E-state index contributed by atoms with van der Waals surface area (Å²) in [5.41, 5.74) is 5.80. The van der Waals surface area contributed by atoms with Gasteiger partial charge in [0.15, 0.2) is 0 Å². The molecule has 1 heterocycles. The van der Waals surface area contributed by atoms with Gasteiger partial charge in [0.25, 0.3) is 0 Å². The van der Waals surface area contributed by atoms with Gasteiger partial charge in [0.2, 0.25) is 0 Å². The van der Waals surface area contributed by atoms with Crippen LogP contribution in [0.25, 0.3) is 6.08 Å². The van der Waals surface area contributed by atoms with E-state index < -0.39 is 0 Å². The van der Waals surface area contributed by atoms with E-state index in [4.69, 9.17) is 0 Å². The number of fused-ring (bicyclic) bond motifs is 1. The van der Waals surface area contributed by atoms with E-state index in [1.807, 2.05) is 30.3 Å². The van der Waals surface area contributed by atoms with Gasteiger partial charge in [-0.2, -0.15) is 0 Å². The molecule has 0 saturated carbocycles. The van der Waals surface area contributed by atoms with Crippen molar-refractivity contribution in [1.82, 2.24) is 5.43 Å². The molecule has 3 heteroatoms. The fourth-order valence-electron chi connectivity index (χ4n) is 0.937. The molecular weight excluding hydrogens is 138 g/mol. The summed E-state index contributed by atoms with van der Waals surface area (Å²) < 4.78 is 0. The molecule has 0 saturated heterocycles. The van der Waals surface area contributed by atoms with Crippen LogP contribution in [-0.2, 0) is 0 Å². The van der Waals surface area contributed by atoms with E-state index in [0.29, 0.717) is 0 Å². The quantitative estimate of drug-likeness (QED) is 0.535. The summed E-state index contributed by atoms with van der Waals surface area (Å²) in [5.74, 6) is 0. The van der Waals surface area contributed by atoms with Crippen LogP contribution in [0.3, 0.4) is 0 Å². The average Bonchev–Trinajstić information content (AvgIpc) is 2.28. The Hall–Kier alpha value is -1.64. The summed E-state index contributed by atoms with van der Waals surface area (Å²) in [5, 5.41) is 7.24. The second kappa shape index (κ2) is 2.54. The van der Waals surface area contributed by atoms with Crippen molar-refractivity contribution in [1.29, 1.82) is 0 Å². The second-order valence-corrected chi connectivity index (χ2v) is 2.18. The fourth-order valence-corrected chi connectivity index (χ4v) is 0.937. The molecule has 0 unspecified atom stereocenters. The lowest BCUT2D eigenvalue weighted by Crippen LogP contribution is -1.85. The van der Waals surface area contributed by atoms with Crippen LogP contribution in [0, 0.1) is 0 Å². The lowest BCUT2D eigenvalue weighted by molar-refractivity contribution is 0.869. The Morgan fingerprint density at radius 1 is 1.09 bits per heavy atom. The van der Waals surface area contributed by atoms with Crippen molar-refractivity contribution in [2.24, 2.45) is 10.3 Å². The van der Waals surface area contributed by atoms with Crippen LogP contribution in [0.2, 0.25) is 0 Å². The van der Waals surface area contributed by atoms with Crippen LogP contribution >= 0.6 is 0 Å². The summed E-state index contributed by atoms with van der Waals surface area (Å²) >= 11 is 0. The number of rotatable bonds is 0. The van der Waals surface area contributed by atoms with Crippen LogP contribution in [0.1, 0.15) is 5.56 Å². The van der Waals surface area contributed by atoms with Crippen LogP contribution < -0.4 is 5.43 Å². The minimum absolute atomic E-state index is 0.866. The predicted molar refractivity (Wildman–Crippen MR) is 42.1 cm³/mol. The first kappa shape index (κ1) is 6.09. The SMILES string of the molecule is C1=Cc2ccccc2[N]N=N1. The molecule has 0 spiro atoms. The highest BCUT2D eigenvalue weighted by Gasteiger charge is 1.99. The number of hydrogen-bond acceptors (Lipinski definition) is 2. The highest BCUT2D eigenvalue weighted by Crippen LogP contribution is 2.18. The highest BCUT2D eigenvalue weighted by molar-refractivity contribution is 5.63. The Labute approximate surface area is 64.4 Å². The largest absolute Gasteiger partial charge is 0.139 e. The van der Waals surface area contributed by atoms with E-state index >= 15 is 0 Å². The Morgan fingerprint density at radius 2 is 2.00 bits per heavy atom. The van der Waals surface area contributed by atoms with Gasteiger partial charge < -0.3 is 0 Å². The monoisotopic (exact) mass is 144 g/mol. The van der Waals surface area contributed by atoms with Gasteiger partial charge in [-0.25, -0.2) is 0 Å². The van der Waals surface area contributed by atoms with Crippen molar-refractivity contribution in [3.05, 3.63) is 36.0 Å². The summed E-state index contributed by atoms with van der Waals surface area (Å²) in [6.45, 7) is 0. The third-order valence-electron chi connectivity index (χ3n) is 1.46. The smallest absolute Gasteiger partial charge is 0.0947 e. The van der Waals surface area contributed by atoms with E-state index in [1.165, 1.54) is 0 Å². The zero-order chi connectivity index (χ0) is 7.52. The zero-order valence-electron chi connectivity index (χ0n) is 5.81.